The molecule has 1 aromatic heterocycles. The number of anilines is 2. The van der Waals surface area contributed by atoms with Crippen LogP contribution in [0.5, 0.6) is 0 Å². The van der Waals surface area contributed by atoms with Crippen molar-refractivity contribution in [1.29, 1.82) is 0 Å². The van der Waals surface area contributed by atoms with Crippen LogP contribution in [0.15, 0.2) is 150 Å². The minimum Gasteiger partial charge on any atom is -0.455 e. The molecule has 0 radical (unpaired) electrons. The van der Waals surface area contributed by atoms with Gasteiger partial charge in [-0.25, -0.2) is 0 Å². The highest BCUT2D eigenvalue weighted by molar-refractivity contribution is 6.30. The molecule has 1 heterocycles. The van der Waals surface area contributed by atoms with Gasteiger partial charge in [0.25, 0.3) is 0 Å². The first-order valence-corrected chi connectivity index (χ1v) is 13.6. The molecule has 0 unspecified atom stereocenters. The van der Waals surface area contributed by atoms with Crippen molar-refractivity contribution in [1.82, 2.24) is 0 Å². The van der Waals surface area contributed by atoms with Gasteiger partial charge in [-0.1, -0.05) is 121 Å². The Morgan fingerprint density at radius 2 is 0.875 bits per heavy atom. The van der Waals surface area contributed by atoms with Gasteiger partial charge >= 0.3 is 0 Å². The van der Waals surface area contributed by atoms with Crippen molar-refractivity contribution in [2.75, 3.05) is 5.32 Å². The number of fused-ring (bicyclic) bond motifs is 8. The minimum absolute atomic E-state index is 0.927. The van der Waals surface area contributed by atoms with Gasteiger partial charge in [0, 0.05) is 33.1 Å². The zero-order chi connectivity index (χ0) is 26.5. The second-order valence-electron chi connectivity index (χ2n) is 10.2. The van der Waals surface area contributed by atoms with Crippen molar-refractivity contribution in [3.05, 3.63) is 146 Å². The van der Waals surface area contributed by atoms with E-state index in [1.54, 1.807) is 0 Å². The standard InChI is InChI=1S/C38H25NO/c1-2-9-25(10-3-1)26-17-21-28(22-18-26)39-29-23-19-27(20-24-29)30-15-8-16-35-36-33-13-6-4-11-31(33)32-12-5-7-14-34(32)38(36)40-37(30)35/h1-24,39H. The number of benzene rings is 7. The summed E-state index contributed by atoms with van der Waals surface area (Å²) in [6.45, 7) is 0. The molecular formula is C38H25NO. The van der Waals surface area contributed by atoms with Gasteiger partial charge in [0.2, 0.25) is 0 Å². The highest BCUT2D eigenvalue weighted by atomic mass is 16.3. The Morgan fingerprint density at radius 3 is 1.57 bits per heavy atom. The van der Waals surface area contributed by atoms with Gasteiger partial charge < -0.3 is 9.73 Å². The zero-order valence-corrected chi connectivity index (χ0v) is 21.8. The number of nitrogens with one attached hydrogen (secondary N) is 1. The largest absolute Gasteiger partial charge is 0.455 e. The number of hydrogen-bond donors (Lipinski definition) is 1. The Bertz CT molecular complexity index is 2160. The average molecular weight is 512 g/mol. The summed E-state index contributed by atoms with van der Waals surface area (Å²) in [6, 6.07) is 51.3. The summed E-state index contributed by atoms with van der Waals surface area (Å²) in [5, 5.41) is 10.7. The van der Waals surface area contributed by atoms with Crippen LogP contribution in [0, 0.1) is 0 Å². The molecule has 2 nitrogen and oxygen atoms in total. The van der Waals surface area contributed by atoms with Crippen molar-refractivity contribution in [2.45, 2.75) is 0 Å². The predicted octanol–water partition coefficient (Wildman–Crippen LogP) is 11.0. The van der Waals surface area contributed by atoms with Crippen molar-refractivity contribution in [3.8, 4) is 22.3 Å². The molecule has 0 atom stereocenters. The van der Waals surface area contributed by atoms with E-state index in [1.807, 2.05) is 6.07 Å². The number of rotatable bonds is 4. The Kier molecular flexibility index (Phi) is 5.17. The first-order valence-electron chi connectivity index (χ1n) is 13.6. The molecule has 40 heavy (non-hydrogen) atoms. The highest BCUT2D eigenvalue weighted by Gasteiger charge is 2.17. The minimum atomic E-state index is 0.927. The smallest absolute Gasteiger partial charge is 0.143 e. The van der Waals surface area contributed by atoms with Crippen LogP contribution >= 0.6 is 0 Å². The Balaban J connectivity index is 1.18. The predicted molar refractivity (Wildman–Crippen MR) is 169 cm³/mol. The van der Waals surface area contributed by atoms with E-state index in [-0.39, 0.29) is 0 Å². The summed E-state index contributed by atoms with van der Waals surface area (Å²) < 4.78 is 6.72. The zero-order valence-electron chi connectivity index (χ0n) is 21.8. The molecule has 0 bridgehead atoms. The van der Waals surface area contributed by atoms with E-state index < -0.39 is 0 Å². The van der Waals surface area contributed by atoms with Crippen molar-refractivity contribution >= 4 is 54.9 Å². The molecule has 188 valence electrons. The topological polar surface area (TPSA) is 25.2 Å². The van der Waals surface area contributed by atoms with Crippen LogP contribution < -0.4 is 5.32 Å². The number of para-hydroxylation sites is 1. The van der Waals surface area contributed by atoms with Gasteiger partial charge in [0.1, 0.15) is 11.2 Å². The molecule has 0 aliphatic carbocycles. The van der Waals surface area contributed by atoms with E-state index in [4.69, 9.17) is 4.42 Å². The fraction of sp³-hybridized carbons (Fsp3) is 0. The summed E-state index contributed by atoms with van der Waals surface area (Å²) in [7, 11) is 0. The van der Waals surface area contributed by atoms with Crippen LogP contribution in [0.1, 0.15) is 0 Å². The summed E-state index contributed by atoms with van der Waals surface area (Å²) in [5.74, 6) is 0. The van der Waals surface area contributed by atoms with Gasteiger partial charge in [0.15, 0.2) is 0 Å². The second-order valence-corrected chi connectivity index (χ2v) is 10.2. The third kappa shape index (κ3) is 3.65. The van der Waals surface area contributed by atoms with E-state index in [1.165, 1.54) is 32.7 Å². The Labute approximate surface area is 232 Å². The third-order valence-corrected chi connectivity index (χ3v) is 7.85. The van der Waals surface area contributed by atoms with Crippen LogP contribution in [-0.4, -0.2) is 0 Å². The average Bonchev–Trinajstić information content (AvgIpc) is 3.43. The van der Waals surface area contributed by atoms with Gasteiger partial charge in [0.05, 0.1) is 0 Å². The van der Waals surface area contributed by atoms with Crippen LogP contribution in [0.2, 0.25) is 0 Å². The lowest BCUT2D eigenvalue weighted by molar-refractivity contribution is 0.674. The molecule has 0 amide bonds. The molecule has 0 fully saturated rings. The second kappa shape index (κ2) is 9.14. The maximum Gasteiger partial charge on any atom is 0.143 e. The molecule has 8 rings (SSSR count). The lowest BCUT2D eigenvalue weighted by Gasteiger charge is -2.09. The van der Waals surface area contributed by atoms with Crippen LogP contribution in [0.25, 0.3) is 65.7 Å². The van der Waals surface area contributed by atoms with Crippen molar-refractivity contribution < 1.29 is 4.42 Å². The first kappa shape index (κ1) is 22.6. The van der Waals surface area contributed by atoms with Crippen LogP contribution in [0.3, 0.4) is 0 Å². The molecule has 0 saturated carbocycles. The van der Waals surface area contributed by atoms with Gasteiger partial charge in [-0.05, 0) is 57.1 Å². The molecular weight excluding hydrogens is 486 g/mol. The SMILES string of the molecule is c1ccc(-c2ccc(Nc3ccc(-c4cccc5c4oc4c6ccccc6c6ccccc6c54)cc3)cc2)cc1. The fourth-order valence-corrected chi connectivity index (χ4v) is 5.93. The maximum atomic E-state index is 6.72. The first-order chi connectivity index (χ1) is 19.8. The van der Waals surface area contributed by atoms with Crippen LogP contribution in [-0.2, 0) is 0 Å². The Hall–Kier alpha value is -5.34. The molecule has 8 aromatic rings. The number of furan rings is 1. The van der Waals surface area contributed by atoms with Gasteiger partial charge in [-0.2, -0.15) is 0 Å². The van der Waals surface area contributed by atoms with Crippen molar-refractivity contribution in [2.24, 2.45) is 0 Å². The third-order valence-electron chi connectivity index (χ3n) is 7.85. The molecule has 0 aliphatic heterocycles. The lowest BCUT2D eigenvalue weighted by atomic mass is 9.96. The molecule has 0 aliphatic rings. The summed E-state index contributed by atoms with van der Waals surface area (Å²) in [4.78, 5) is 0. The lowest BCUT2D eigenvalue weighted by Crippen LogP contribution is -1.90. The summed E-state index contributed by atoms with van der Waals surface area (Å²) >= 11 is 0. The van der Waals surface area contributed by atoms with Gasteiger partial charge in [-0.15, -0.1) is 0 Å². The summed E-state index contributed by atoms with van der Waals surface area (Å²) in [6.07, 6.45) is 0. The molecule has 2 heteroatoms. The Morgan fingerprint density at radius 1 is 0.350 bits per heavy atom. The van der Waals surface area contributed by atoms with E-state index in [0.717, 1.165) is 44.4 Å². The normalized spacial score (nSPS) is 11.5. The van der Waals surface area contributed by atoms with E-state index >= 15 is 0 Å². The van der Waals surface area contributed by atoms with Crippen LogP contribution in [0.4, 0.5) is 11.4 Å². The molecule has 7 aromatic carbocycles. The van der Waals surface area contributed by atoms with Crippen molar-refractivity contribution in [3.63, 3.8) is 0 Å². The fourth-order valence-electron chi connectivity index (χ4n) is 5.93. The monoisotopic (exact) mass is 511 g/mol. The number of hydrogen-bond acceptors (Lipinski definition) is 2. The maximum absolute atomic E-state index is 6.72. The van der Waals surface area contributed by atoms with E-state index in [0.29, 0.717) is 0 Å². The van der Waals surface area contributed by atoms with E-state index in [2.05, 4.69) is 145 Å². The summed E-state index contributed by atoms with van der Waals surface area (Å²) in [5.41, 5.74) is 8.64. The highest BCUT2D eigenvalue weighted by Crippen LogP contribution is 2.43. The molecule has 0 spiro atoms. The molecule has 0 saturated heterocycles. The van der Waals surface area contributed by atoms with Gasteiger partial charge in [-0.3, -0.25) is 0 Å². The van der Waals surface area contributed by atoms with E-state index in [9.17, 15) is 0 Å². The molecule has 1 N–H and O–H groups in total. The quantitative estimate of drug-likeness (QED) is 0.238.